The van der Waals surface area contributed by atoms with Gasteiger partial charge in [-0.3, -0.25) is 9.58 Å². The van der Waals surface area contributed by atoms with E-state index in [1.54, 1.807) is 0 Å². The zero-order valence-corrected chi connectivity index (χ0v) is 12.0. The minimum absolute atomic E-state index is 0.151. The molecule has 18 heavy (non-hydrogen) atoms. The van der Waals surface area contributed by atoms with Crippen LogP contribution in [-0.2, 0) is 13.1 Å². The summed E-state index contributed by atoms with van der Waals surface area (Å²) in [7, 11) is 0. The third kappa shape index (κ3) is 2.75. The van der Waals surface area contributed by atoms with Crippen LogP contribution in [-0.4, -0.2) is 39.5 Å². The average molecular weight is 251 g/mol. The monoisotopic (exact) mass is 251 g/mol. The molecule has 0 atom stereocenters. The highest BCUT2D eigenvalue weighted by Crippen LogP contribution is 2.30. The largest absolute Gasteiger partial charge is 0.394 e. The van der Waals surface area contributed by atoms with Crippen molar-refractivity contribution in [2.24, 2.45) is 5.41 Å². The molecule has 1 aromatic heterocycles. The van der Waals surface area contributed by atoms with Gasteiger partial charge in [0.15, 0.2) is 0 Å². The van der Waals surface area contributed by atoms with Crippen molar-refractivity contribution in [3.63, 3.8) is 0 Å². The summed E-state index contributed by atoms with van der Waals surface area (Å²) in [6.07, 6.45) is 1.27. The molecule has 1 aromatic rings. The van der Waals surface area contributed by atoms with E-state index < -0.39 is 0 Å². The Bertz CT molecular complexity index is 423. The predicted octanol–water partition coefficient (Wildman–Crippen LogP) is 1.72. The minimum Gasteiger partial charge on any atom is -0.394 e. The molecule has 1 fully saturated rings. The Morgan fingerprint density at radius 1 is 1.33 bits per heavy atom. The molecule has 0 radical (unpaired) electrons. The van der Waals surface area contributed by atoms with Crippen LogP contribution < -0.4 is 0 Å². The first-order valence-electron chi connectivity index (χ1n) is 6.79. The fraction of sp³-hybridized carbons (Fsp3) is 0.786. The van der Waals surface area contributed by atoms with Crippen molar-refractivity contribution >= 4 is 0 Å². The Kier molecular flexibility index (Phi) is 3.78. The topological polar surface area (TPSA) is 41.3 Å². The summed E-state index contributed by atoms with van der Waals surface area (Å²) in [4.78, 5) is 2.51. The van der Waals surface area contributed by atoms with Crippen LogP contribution in [0.3, 0.4) is 0 Å². The number of nitrogens with zero attached hydrogens (tertiary/aromatic N) is 3. The zero-order valence-electron chi connectivity index (χ0n) is 12.0. The lowest BCUT2D eigenvalue weighted by atomic mass is 9.93. The summed E-state index contributed by atoms with van der Waals surface area (Å²) in [5, 5.41) is 13.5. The van der Waals surface area contributed by atoms with Crippen LogP contribution in [0.2, 0.25) is 0 Å². The number of rotatable bonds is 4. The number of aryl methyl sites for hydroxylation is 1. The summed E-state index contributed by atoms with van der Waals surface area (Å²) in [6, 6.07) is 0. The van der Waals surface area contributed by atoms with Gasteiger partial charge in [-0.25, -0.2) is 0 Å². The first-order chi connectivity index (χ1) is 8.43. The summed E-state index contributed by atoms with van der Waals surface area (Å²) in [6.45, 7) is 12.9. The van der Waals surface area contributed by atoms with Gasteiger partial charge in [0.05, 0.1) is 18.8 Å². The van der Waals surface area contributed by atoms with Crippen LogP contribution in [0.15, 0.2) is 0 Å². The lowest BCUT2D eigenvalue weighted by Gasteiger charge is -2.19. The molecule has 0 saturated carbocycles. The maximum Gasteiger partial charge on any atom is 0.0644 e. The number of aliphatic hydroxyl groups excluding tert-OH is 1. The maximum atomic E-state index is 9.03. The molecule has 1 saturated heterocycles. The molecule has 4 heteroatoms. The van der Waals surface area contributed by atoms with Gasteiger partial charge < -0.3 is 5.11 Å². The summed E-state index contributed by atoms with van der Waals surface area (Å²) in [5.41, 5.74) is 4.08. The van der Waals surface area contributed by atoms with Gasteiger partial charge in [-0.15, -0.1) is 0 Å². The van der Waals surface area contributed by atoms with Crippen molar-refractivity contribution in [2.45, 2.75) is 47.2 Å². The number of likely N-dealkylation sites (tertiary alicyclic amines) is 1. The van der Waals surface area contributed by atoms with Gasteiger partial charge in [-0.05, 0) is 32.2 Å². The van der Waals surface area contributed by atoms with E-state index in [9.17, 15) is 0 Å². The van der Waals surface area contributed by atoms with Crippen LogP contribution in [0.5, 0.6) is 0 Å². The Labute approximate surface area is 110 Å². The smallest absolute Gasteiger partial charge is 0.0644 e. The van der Waals surface area contributed by atoms with Crippen molar-refractivity contribution in [3.8, 4) is 0 Å². The first kappa shape index (κ1) is 13.6. The molecule has 0 unspecified atom stereocenters. The Balaban J connectivity index is 2.10. The second kappa shape index (κ2) is 5.02. The quantitative estimate of drug-likeness (QED) is 0.886. The lowest BCUT2D eigenvalue weighted by Crippen LogP contribution is -2.23. The maximum absolute atomic E-state index is 9.03. The zero-order chi connectivity index (χ0) is 13.3. The Hall–Kier alpha value is -0.870. The van der Waals surface area contributed by atoms with E-state index in [4.69, 9.17) is 5.11 Å². The van der Waals surface area contributed by atoms with E-state index in [1.165, 1.54) is 24.2 Å². The van der Waals surface area contributed by atoms with E-state index in [2.05, 4.69) is 37.7 Å². The summed E-state index contributed by atoms with van der Waals surface area (Å²) < 4.78 is 1.92. The van der Waals surface area contributed by atoms with Crippen molar-refractivity contribution in [2.75, 3.05) is 19.7 Å². The van der Waals surface area contributed by atoms with Gasteiger partial charge in [0.1, 0.15) is 0 Å². The van der Waals surface area contributed by atoms with Crippen molar-refractivity contribution in [3.05, 3.63) is 17.0 Å². The van der Waals surface area contributed by atoms with Crippen LogP contribution in [0.4, 0.5) is 0 Å². The third-order valence-electron chi connectivity index (χ3n) is 3.98. The molecule has 0 aromatic carbocycles. The van der Waals surface area contributed by atoms with Crippen LogP contribution in [0, 0.1) is 19.3 Å². The highest BCUT2D eigenvalue weighted by molar-refractivity contribution is 5.24. The fourth-order valence-electron chi connectivity index (χ4n) is 2.86. The van der Waals surface area contributed by atoms with Gasteiger partial charge in [0.2, 0.25) is 0 Å². The van der Waals surface area contributed by atoms with Crippen LogP contribution >= 0.6 is 0 Å². The van der Waals surface area contributed by atoms with Gasteiger partial charge >= 0.3 is 0 Å². The first-order valence-corrected chi connectivity index (χ1v) is 6.79. The Morgan fingerprint density at radius 3 is 2.61 bits per heavy atom. The molecule has 1 aliphatic rings. The second-order valence-electron chi connectivity index (χ2n) is 6.22. The van der Waals surface area contributed by atoms with E-state index in [-0.39, 0.29) is 6.61 Å². The summed E-state index contributed by atoms with van der Waals surface area (Å²) >= 11 is 0. The van der Waals surface area contributed by atoms with Crippen molar-refractivity contribution < 1.29 is 5.11 Å². The number of aliphatic hydroxyl groups is 1. The summed E-state index contributed by atoms with van der Waals surface area (Å²) in [5.74, 6) is 0. The SMILES string of the molecule is Cc1nn(CCO)c(C)c1CN1CCC(C)(C)C1. The predicted molar refractivity (Wildman–Crippen MR) is 72.5 cm³/mol. The van der Waals surface area contributed by atoms with E-state index >= 15 is 0 Å². The molecule has 2 rings (SSSR count). The highest BCUT2D eigenvalue weighted by atomic mass is 16.3. The molecule has 102 valence electrons. The molecular weight excluding hydrogens is 226 g/mol. The second-order valence-corrected chi connectivity index (χ2v) is 6.22. The molecule has 1 N–H and O–H groups in total. The fourth-order valence-corrected chi connectivity index (χ4v) is 2.86. The standard InChI is InChI=1S/C14H25N3O/c1-11-13(12(2)17(15-11)7-8-18)9-16-6-5-14(3,4)10-16/h18H,5-10H2,1-4H3. The highest BCUT2D eigenvalue weighted by Gasteiger charge is 2.29. The number of aromatic nitrogens is 2. The van der Waals surface area contributed by atoms with Crippen molar-refractivity contribution in [1.82, 2.24) is 14.7 Å². The molecular formula is C14H25N3O. The van der Waals surface area contributed by atoms with E-state index in [1.807, 2.05) is 4.68 Å². The van der Waals surface area contributed by atoms with Gasteiger partial charge in [-0.1, -0.05) is 13.8 Å². The molecule has 4 nitrogen and oxygen atoms in total. The minimum atomic E-state index is 0.151. The number of hydrogen-bond acceptors (Lipinski definition) is 3. The molecule has 2 heterocycles. The molecule has 0 aliphatic carbocycles. The van der Waals surface area contributed by atoms with Gasteiger partial charge in [0, 0.05) is 24.3 Å². The van der Waals surface area contributed by atoms with E-state index in [0.29, 0.717) is 12.0 Å². The third-order valence-corrected chi connectivity index (χ3v) is 3.98. The van der Waals surface area contributed by atoms with Crippen LogP contribution in [0.1, 0.15) is 37.2 Å². The normalized spacial score (nSPS) is 19.6. The molecule has 0 spiro atoms. The molecule has 1 aliphatic heterocycles. The molecule has 0 amide bonds. The number of hydrogen-bond donors (Lipinski definition) is 1. The Morgan fingerprint density at radius 2 is 2.06 bits per heavy atom. The van der Waals surface area contributed by atoms with Crippen molar-refractivity contribution in [1.29, 1.82) is 0 Å². The van der Waals surface area contributed by atoms with Gasteiger partial charge in [0.25, 0.3) is 0 Å². The molecule has 0 bridgehead atoms. The lowest BCUT2D eigenvalue weighted by molar-refractivity contribution is 0.267. The van der Waals surface area contributed by atoms with E-state index in [0.717, 1.165) is 18.8 Å². The average Bonchev–Trinajstić information content (AvgIpc) is 2.75. The van der Waals surface area contributed by atoms with Crippen LogP contribution in [0.25, 0.3) is 0 Å². The van der Waals surface area contributed by atoms with Gasteiger partial charge in [-0.2, -0.15) is 5.10 Å².